The zero-order chi connectivity index (χ0) is 16.8. The molecule has 1 aromatic carbocycles. The third kappa shape index (κ3) is 4.13. The van der Waals surface area contributed by atoms with Crippen LogP contribution < -0.4 is 10.6 Å². The largest absolute Gasteiger partial charge is 0.462 e. The third-order valence-electron chi connectivity index (χ3n) is 2.92. The number of amides is 1. The summed E-state index contributed by atoms with van der Waals surface area (Å²) in [6, 6.07) is 8.65. The van der Waals surface area contributed by atoms with Crippen molar-refractivity contribution >= 4 is 35.0 Å². The second-order valence-electron chi connectivity index (χ2n) is 4.57. The van der Waals surface area contributed by atoms with Crippen LogP contribution >= 0.6 is 12.2 Å². The lowest BCUT2D eigenvalue weighted by Gasteiger charge is -2.09. The van der Waals surface area contributed by atoms with Gasteiger partial charge in [0.25, 0.3) is 5.91 Å². The predicted octanol–water partition coefficient (Wildman–Crippen LogP) is 2.02. The van der Waals surface area contributed by atoms with Crippen LogP contribution in [0.25, 0.3) is 0 Å². The first-order valence-electron chi connectivity index (χ1n) is 6.92. The van der Waals surface area contributed by atoms with E-state index in [-0.39, 0.29) is 29.0 Å². The third-order valence-corrected chi connectivity index (χ3v) is 3.13. The number of nitrogens with one attached hydrogen (secondary N) is 3. The molecule has 1 amide bonds. The van der Waals surface area contributed by atoms with Crippen LogP contribution in [0.2, 0.25) is 0 Å². The maximum Gasteiger partial charge on any atom is 0.343 e. The molecule has 0 radical (unpaired) electrons. The zero-order valence-corrected chi connectivity index (χ0v) is 13.5. The molecule has 1 heterocycles. The molecule has 0 bridgehead atoms. The fourth-order valence-electron chi connectivity index (χ4n) is 1.88. The monoisotopic (exact) mass is 332 g/mol. The molecule has 8 heteroatoms. The van der Waals surface area contributed by atoms with Crippen LogP contribution in [0.1, 0.15) is 33.3 Å². The second kappa shape index (κ2) is 7.50. The summed E-state index contributed by atoms with van der Waals surface area (Å²) in [5.74, 6) is -0.661. The minimum absolute atomic E-state index is 0.0379. The molecule has 0 aliphatic heterocycles. The van der Waals surface area contributed by atoms with Gasteiger partial charge in [-0.3, -0.25) is 15.2 Å². The van der Waals surface area contributed by atoms with Gasteiger partial charge in [-0.15, -0.1) is 0 Å². The van der Waals surface area contributed by atoms with E-state index in [1.807, 2.05) is 6.07 Å². The maximum atomic E-state index is 12.0. The van der Waals surface area contributed by atoms with Gasteiger partial charge in [-0.05, 0) is 38.2 Å². The molecule has 0 aliphatic carbocycles. The summed E-state index contributed by atoms with van der Waals surface area (Å²) in [5.41, 5.74) is 1.27. The number of hydrogen-bond acceptors (Lipinski definition) is 5. The molecule has 2 rings (SSSR count). The van der Waals surface area contributed by atoms with E-state index < -0.39 is 5.97 Å². The minimum Gasteiger partial charge on any atom is -0.462 e. The van der Waals surface area contributed by atoms with Crippen molar-refractivity contribution in [2.45, 2.75) is 13.8 Å². The SMILES string of the molecule is CCOC(=O)c1c(NC(=S)NC(=O)c2ccccc2)n[nH]c1C. The highest BCUT2D eigenvalue weighted by Crippen LogP contribution is 2.17. The lowest BCUT2D eigenvalue weighted by molar-refractivity contribution is 0.0526. The number of aromatic amines is 1. The van der Waals surface area contributed by atoms with Crippen LogP contribution in [0, 0.1) is 6.92 Å². The summed E-state index contributed by atoms with van der Waals surface area (Å²) in [7, 11) is 0. The Morgan fingerprint density at radius 2 is 2.00 bits per heavy atom. The number of esters is 1. The number of aromatic nitrogens is 2. The van der Waals surface area contributed by atoms with Gasteiger partial charge in [-0.1, -0.05) is 18.2 Å². The molecule has 3 N–H and O–H groups in total. The molecule has 0 saturated heterocycles. The number of rotatable bonds is 4. The van der Waals surface area contributed by atoms with E-state index in [0.717, 1.165) is 0 Å². The molecular weight excluding hydrogens is 316 g/mol. The Morgan fingerprint density at radius 1 is 1.30 bits per heavy atom. The zero-order valence-electron chi connectivity index (χ0n) is 12.7. The van der Waals surface area contributed by atoms with Crippen molar-refractivity contribution in [3.8, 4) is 0 Å². The molecule has 0 aliphatic rings. The Kier molecular flexibility index (Phi) is 5.42. The number of nitrogens with zero attached hydrogens (tertiary/aromatic N) is 1. The van der Waals surface area contributed by atoms with Gasteiger partial charge >= 0.3 is 5.97 Å². The summed E-state index contributed by atoms with van der Waals surface area (Å²) < 4.78 is 4.97. The minimum atomic E-state index is -0.515. The van der Waals surface area contributed by atoms with Gasteiger partial charge in [0.05, 0.1) is 6.61 Å². The van der Waals surface area contributed by atoms with Gasteiger partial charge in [0, 0.05) is 11.3 Å². The number of carbonyl (C=O) groups is 2. The first-order chi connectivity index (χ1) is 11.0. The normalized spacial score (nSPS) is 10.0. The van der Waals surface area contributed by atoms with E-state index >= 15 is 0 Å². The molecule has 7 nitrogen and oxygen atoms in total. The predicted molar refractivity (Wildman–Crippen MR) is 89.4 cm³/mol. The number of aryl methyl sites for hydroxylation is 1. The van der Waals surface area contributed by atoms with E-state index in [1.54, 1.807) is 38.1 Å². The summed E-state index contributed by atoms with van der Waals surface area (Å²) in [4.78, 5) is 23.9. The van der Waals surface area contributed by atoms with E-state index in [9.17, 15) is 9.59 Å². The summed E-state index contributed by atoms with van der Waals surface area (Å²) in [6.07, 6.45) is 0. The van der Waals surface area contributed by atoms with E-state index in [0.29, 0.717) is 11.3 Å². The van der Waals surface area contributed by atoms with Gasteiger partial charge in [0.15, 0.2) is 10.9 Å². The highest BCUT2D eigenvalue weighted by molar-refractivity contribution is 7.80. The molecule has 23 heavy (non-hydrogen) atoms. The lowest BCUT2D eigenvalue weighted by atomic mass is 10.2. The highest BCUT2D eigenvalue weighted by atomic mass is 32.1. The van der Waals surface area contributed by atoms with Gasteiger partial charge in [-0.25, -0.2) is 4.79 Å². The molecule has 2 aromatic rings. The Hall–Kier alpha value is -2.74. The van der Waals surface area contributed by atoms with E-state index in [4.69, 9.17) is 17.0 Å². The van der Waals surface area contributed by atoms with Crippen LogP contribution in [-0.2, 0) is 4.74 Å². The molecule has 0 atom stereocenters. The van der Waals surface area contributed by atoms with E-state index in [2.05, 4.69) is 20.8 Å². The highest BCUT2D eigenvalue weighted by Gasteiger charge is 2.20. The van der Waals surface area contributed by atoms with Crippen molar-refractivity contribution in [2.75, 3.05) is 11.9 Å². The fourth-order valence-corrected chi connectivity index (χ4v) is 2.07. The van der Waals surface area contributed by atoms with Crippen molar-refractivity contribution in [2.24, 2.45) is 0 Å². The maximum absolute atomic E-state index is 12.0. The van der Waals surface area contributed by atoms with Crippen molar-refractivity contribution in [3.63, 3.8) is 0 Å². The fraction of sp³-hybridized carbons (Fsp3) is 0.200. The van der Waals surface area contributed by atoms with Crippen molar-refractivity contribution in [1.82, 2.24) is 15.5 Å². The summed E-state index contributed by atoms with van der Waals surface area (Å²) in [6.45, 7) is 3.65. The first-order valence-corrected chi connectivity index (χ1v) is 7.33. The van der Waals surface area contributed by atoms with Crippen LogP contribution in [0.4, 0.5) is 5.82 Å². The van der Waals surface area contributed by atoms with Crippen LogP contribution in [0.5, 0.6) is 0 Å². The van der Waals surface area contributed by atoms with Gasteiger partial charge in [0.2, 0.25) is 0 Å². The Balaban J connectivity index is 2.06. The number of anilines is 1. The van der Waals surface area contributed by atoms with Crippen LogP contribution in [0.3, 0.4) is 0 Å². The molecular formula is C15H16N4O3S. The number of H-pyrrole nitrogens is 1. The molecule has 120 valence electrons. The van der Waals surface area contributed by atoms with Crippen molar-refractivity contribution < 1.29 is 14.3 Å². The molecule has 0 unspecified atom stereocenters. The average molecular weight is 332 g/mol. The van der Waals surface area contributed by atoms with Crippen LogP contribution in [0.15, 0.2) is 30.3 Å². The van der Waals surface area contributed by atoms with Crippen LogP contribution in [-0.4, -0.2) is 33.8 Å². The Bertz CT molecular complexity index is 728. The lowest BCUT2D eigenvalue weighted by Crippen LogP contribution is -2.34. The quantitative estimate of drug-likeness (QED) is 0.585. The smallest absolute Gasteiger partial charge is 0.343 e. The standard InChI is InChI=1S/C15H16N4O3S/c1-3-22-14(21)11-9(2)18-19-12(11)16-15(23)17-13(20)10-7-5-4-6-8-10/h4-8H,3H2,1-2H3,(H3,16,17,18,19,20,23). The van der Waals surface area contributed by atoms with Crippen molar-refractivity contribution in [1.29, 1.82) is 0 Å². The van der Waals surface area contributed by atoms with Gasteiger partial charge < -0.3 is 10.1 Å². The molecule has 0 spiro atoms. The molecule has 0 saturated carbocycles. The number of thiocarbonyl (C=S) groups is 1. The van der Waals surface area contributed by atoms with Gasteiger partial charge in [-0.2, -0.15) is 5.10 Å². The number of ether oxygens (including phenoxy) is 1. The van der Waals surface area contributed by atoms with E-state index in [1.165, 1.54) is 0 Å². The van der Waals surface area contributed by atoms with Crippen molar-refractivity contribution in [3.05, 3.63) is 47.2 Å². The summed E-state index contributed by atoms with van der Waals surface area (Å²) in [5, 5.41) is 11.9. The molecule has 0 fully saturated rings. The Labute approximate surface area is 138 Å². The number of benzene rings is 1. The number of carbonyl (C=O) groups excluding carboxylic acids is 2. The average Bonchev–Trinajstić information content (AvgIpc) is 2.88. The van der Waals surface area contributed by atoms with Gasteiger partial charge in [0.1, 0.15) is 5.56 Å². The summed E-state index contributed by atoms with van der Waals surface area (Å²) >= 11 is 5.08. The molecule has 1 aromatic heterocycles. The first kappa shape index (κ1) is 16.6. The Morgan fingerprint density at radius 3 is 2.65 bits per heavy atom. The topological polar surface area (TPSA) is 96.1 Å². The second-order valence-corrected chi connectivity index (χ2v) is 4.98. The number of hydrogen-bond donors (Lipinski definition) is 3.